The third kappa shape index (κ3) is 3.58. The molecule has 1 saturated carbocycles. The number of aromatic nitrogens is 3. The Morgan fingerprint density at radius 1 is 1.09 bits per heavy atom. The van der Waals surface area contributed by atoms with Crippen LogP contribution in [-0.2, 0) is 11.2 Å². The Labute approximate surface area is 194 Å². The summed E-state index contributed by atoms with van der Waals surface area (Å²) in [7, 11) is 0. The highest BCUT2D eigenvalue weighted by Crippen LogP contribution is 2.45. The van der Waals surface area contributed by atoms with Crippen molar-refractivity contribution in [1.29, 1.82) is 0 Å². The monoisotopic (exact) mass is 448 g/mol. The van der Waals surface area contributed by atoms with Crippen molar-refractivity contribution in [2.75, 3.05) is 34.8 Å². The molecular formula is C24H32N8O. The number of piperazine rings is 2. The van der Waals surface area contributed by atoms with Crippen molar-refractivity contribution in [3.8, 4) is 0 Å². The molecule has 1 unspecified atom stereocenters. The molecular weight excluding hydrogens is 416 g/mol. The van der Waals surface area contributed by atoms with Gasteiger partial charge in [-0.3, -0.25) is 4.79 Å². The second kappa shape index (κ2) is 7.83. The van der Waals surface area contributed by atoms with E-state index in [9.17, 15) is 4.79 Å². The van der Waals surface area contributed by atoms with Crippen molar-refractivity contribution in [1.82, 2.24) is 25.6 Å². The summed E-state index contributed by atoms with van der Waals surface area (Å²) in [5.41, 5.74) is 2.17. The van der Waals surface area contributed by atoms with Crippen LogP contribution in [0, 0.1) is 0 Å². The number of carbonyl (C=O) groups is 1. The molecule has 9 nitrogen and oxygen atoms in total. The van der Waals surface area contributed by atoms with E-state index < -0.39 is 0 Å². The van der Waals surface area contributed by atoms with E-state index >= 15 is 0 Å². The maximum absolute atomic E-state index is 12.6. The lowest BCUT2D eigenvalue weighted by molar-refractivity contribution is -0.124. The van der Waals surface area contributed by atoms with Crippen LogP contribution < -0.4 is 25.8 Å². The van der Waals surface area contributed by atoms with Crippen LogP contribution in [-0.4, -0.2) is 64.2 Å². The molecule has 1 amide bonds. The molecule has 2 saturated heterocycles. The summed E-state index contributed by atoms with van der Waals surface area (Å²) in [6.07, 6.45) is 9.06. The summed E-state index contributed by atoms with van der Waals surface area (Å²) in [6, 6.07) is 4.83. The Bertz CT molecular complexity index is 1040. The first-order valence-corrected chi connectivity index (χ1v) is 12.2. The first-order valence-electron chi connectivity index (χ1n) is 12.2. The molecule has 3 N–H and O–H groups in total. The normalized spacial score (nSPS) is 27.9. The second-order valence-corrected chi connectivity index (χ2v) is 10.2. The lowest BCUT2D eigenvalue weighted by Gasteiger charge is -2.47. The van der Waals surface area contributed by atoms with Gasteiger partial charge in [-0.25, -0.2) is 9.97 Å². The maximum atomic E-state index is 12.6. The molecule has 0 radical (unpaired) electrons. The molecule has 174 valence electrons. The van der Waals surface area contributed by atoms with Crippen LogP contribution in [0.2, 0.25) is 0 Å². The summed E-state index contributed by atoms with van der Waals surface area (Å²) >= 11 is 0. The van der Waals surface area contributed by atoms with Crippen LogP contribution in [0.25, 0.3) is 0 Å². The summed E-state index contributed by atoms with van der Waals surface area (Å²) in [4.78, 5) is 31.4. The summed E-state index contributed by atoms with van der Waals surface area (Å²) in [5.74, 6) is 2.26. The molecule has 0 aromatic carbocycles. The molecule has 4 aliphatic rings. The van der Waals surface area contributed by atoms with E-state index in [0.29, 0.717) is 31.0 Å². The third-order valence-electron chi connectivity index (χ3n) is 7.64. The van der Waals surface area contributed by atoms with Crippen LogP contribution in [0.1, 0.15) is 45.1 Å². The average molecular weight is 449 g/mol. The van der Waals surface area contributed by atoms with Gasteiger partial charge in [-0.1, -0.05) is 12.8 Å². The van der Waals surface area contributed by atoms with Gasteiger partial charge in [-0.15, -0.1) is 0 Å². The number of anilines is 4. The van der Waals surface area contributed by atoms with Gasteiger partial charge in [0.25, 0.3) is 0 Å². The van der Waals surface area contributed by atoms with Gasteiger partial charge in [0.1, 0.15) is 17.7 Å². The van der Waals surface area contributed by atoms with Crippen molar-refractivity contribution in [3.05, 3.63) is 30.1 Å². The predicted octanol–water partition coefficient (Wildman–Crippen LogP) is 1.98. The van der Waals surface area contributed by atoms with Gasteiger partial charge in [0.15, 0.2) is 0 Å². The average Bonchev–Trinajstić information content (AvgIpc) is 3.42. The fourth-order valence-electron chi connectivity index (χ4n) is 6.23. The molecule has 3 aliphatic heterocycles. The maximum Gasteiger partial charge on any atom is 0.243 e. The minimum absolute atomic E-state index is 0.00702. The smallest absolute Gasteiger partial charge is 0.243 e. The minimum Gasteiger partial charge on any atom is -0.367 e. The first-order chi connectivity index (χ1) is 16.0. The van der Waals surface area contributed by atoms with Crippen molar-refractivity contribution in [2.45, 2.75) is 69.6 Å². The predicted molar refractivity (Wildman–Crippen MR) is 128 cm³/mol. The van der Waals surface area contributed by atoms with E-state index in [1.807, 2.05) is 18.5 Å². The number of hydrogen-bond acceptors (Lipinski definition) is 8. The molecule has 3 atom stereocenters. The molecule has 1 aliphatic carbocycles. The van der Waals surface area contributed by atoms with Crippen LogP contribution >= 0.6 is 0 Å². The lowest BCUT2D eigenvalue weighted by Crippen LogP contribution is -2.66. The van der Waals surface area contributed by atoms with E-state index in [-0.39, 0.29) is 17.5 Å². The zero-order valence-electron chi connectivity index (χ0n) is 19.3. The molecule has 3 fully saturated rings. The van der Waals surface area contributed by atoms with Gasteiger partial charge in [0.2, 0.25) is 11.9 Å². The number of nitrogens with one attached hydrogen (secondary N) is 3. The van der Waals surface area contributed by atoms with E-state index in [2.05, 4.69) is 55.6 Å². The first kappa shape index (κ1) is 20.7. The molecule has 6 rings (SSSR count). The van der Waals surface area contributed by atoms with Crippen LogP contribution in [0.5, 0.6) is 0 Å². The van der Waals surface area contributed by atoms with Crippen LogP contribution in [0.15, 0.2) is 24.5 Å². The van der Waals surface area contributed by atoms with Crippen molar-refractivity contribution >= 4 is 29.2 Å². The van der Waals surface area contributed by atoms with E-state index in [0.717, 1.165) is 48.8 Å². The quantitative estimate of drug-likeness (QED) is 0.656. The summed E-state index contributed by atoms with van der Waals surface area (Å²) < 4.78 is 0. The standard InChI is InChI=1S/C24H32N8O/c1-15-12-31(13-16(2)28-15)18-5-6-20(25-11-18)29-23-26-10-17-9-19-22(33)27-14-24(7-3-4-8-24)32(19)21(17)30-23/h5-6,10-11,15-16,19,28H,3-4,7-9,12-14H2,1-2H3,(H,27,33)(H,25,26,29,30)/t15-,16+,19?. The zero-order chi connectivity index (χ0) is 22.6. The SMILES string of the molecule is C[C@@H]1CN(c2ccc(Nc3ncc4c(n3)N3C(C4)C(=O)NCC34CCCC4)nc2)C[C@H](C)N1. The number of hydrogen-bond donors (Lipinski definition) is 3. The Morgan fingerprint density at radius 2 is 1.88 bits per heavy atom. The fourth-order valence-corrected chi connectivity index (χ4v) is 6.23. The number of rotatable bonds is 3. The van der Waals surface area contributed by atoms with Gasteiger partial charge in [0, 0.05) is 49.9 Å². The topological polar surface area (TPSA) is 98.3 Å². The highest BCUT2D eigenvalue weighted by molar-refractivity contribution is 5.90. The molecule has 1 spiro atoms. The number of carbonyl (C=O) groups excluding carboxylic acids is 1. The Morgan fingerprint density at radius 3 is 2.61 bits per heavy atom. The molecule has 33 heavy (non-hydrogen) atoms. The number of pyridine rings is 1. The van der Waals surface area contributed by atoms with Gasteiger partial charge in [-0.05, 0) is 38.8 Å². The number of amides is 1. The minimum atomic E-state index is -0.169. The lowest BCUT2D eigenvalue weighted by atomic mass is 9.90. The molecule has 9 heteroatoms. The molecule has 0 bridgehead atoms. The summed E-state index contributed by atoms with van der Waals surface area (Å²) in [6.45, 7) is 7.08. The van der Waals surface area contributed by atoms with Crippen molar-refractivity contribution in [3.63, 3.8) is 0 Å². The van der Waals surface area contributed by atoms with E-state index in [1.54, 1.807) is 0 Å². The number of nitrogens with zero attached hydrogens (tertiary/aromatic N) is 5. The zero-order valence-corrected chi connectivity index (χ0v) is 19.3. The van der Waals surface area contributed by atoms with Gasteiger partial charge in [-0.2, -0.15) is 4.98 Å². The number of fused-ring (bicyclic) bond motifs is 4. The largest absolute Gasteiger partial charge is 0.367 e. The van der Waals surface area contributed by atoms with Crippen LogP contribution in [0.4, 0.5) is 23.3 Å². The third-order valence-corrected chi connectivity index (χ3v) is 7.64. The van der Waals surface area contributed by atoms with Gasteiger partial charge < -0.3 is 25.8 Å². The van der Waals surface area contributed by atoms with Crippen molar-refractivity contribution in [2.24, 2.45) is 0 Å². The van der Waals surface area contributed by atoms with Gasteiger partial charge in [0.05, 0.1) is 17.4 Å². The molecule has 5 heterocycles. The van der Waals surface area contributed by atoms with E-state index in [4.69, 9.17) is 4.98 Å². The fraction of sp³-hybridized carbons (Fsp3) is 0.583. The van der Waals surface area contributed by atoms with Crippen LogP contribution in [0.3, 0.4) is 0 Å². The van der Waals surface area contributed by atoms with E-state index in [1.165, 1.54) is 12.8 Å². The molecule has 2 aromatic rings. The van der Waals surface area contributed by atoms with Gasteiger partial charge >= 0.3 is 0 Å². The Balaban J connectivity index is 1.23. The second-order valence-electron chi connectivity index (χ2n) is 10.2. The summed E-state index contributed by atoms with van der Waals surface area (Å²) in [5, 5.41) is 9.99. The molecule has 2 aromatic heterocycles. The Kier molecular flexibility index (Phi) is 4.90. The highest BCUT2D eigenvalue weighted by Gasteiger charge is 2.52. The van der Waals surface area contributed by atoms with Crippen molar-refractivity contribution < 1.29 is 4.79 Å². The Hall–Kier alpha value is -2.94. The highest BCUT2D eigenvalue weighted by atomic mass is 16.2.